The lowest BCUT2D eigenvalue weighted by molar-refractivity contribution is 0.263. The van der Waals surface area contributed by atoms with Crippen LogP contribution in [0, 0.1) is 0 Å². The molecule has 0 radical (unpaired) electrons. The van der Waals surface area contributed by atoms with E-state index in [1.165, 1.54) is 23.6 Å². The van der Waals surface area contributed by atoms with E-state index < -0.39 is 0 Å². The minimum Gasteiger partial charge on any atom is -0.491 e. The lowest BCUT2D eigenvalue weighted by Crippen LogP contribution is -2.03. The normalized spacial score (nSPS) is 10.8. The Kier molecular flexibility index (Phi) is 52.8. The Bertz CT molecular complexity index is 639. The van der Waals surface area contributed by atoms with E-state index in [2.05, 4.69) is 76.2 Å². The van der Waals surface area contributed by atoms with Gasteiger partial charge in [-0.3, -0.25) is 0 Å². The van der Waals surface area contributed by atoms with E-state index in [1.54, 1.807) is 0 Å². The second kappa shape index (κ2) is 43.7. The second-order valence-corrected chi connectivity index (χ2v) is 6.34. The van der Waals surface area contributed by atoms with E-state index in [-0.39, 0.29) is 0 Å². The summed E-state index contributed by atoms with van der Waals surface area (Å²) >= 11 is 0. The lowest BCUT2D eigenvalue weighted by atomic mass is 10.1. The van der Waals surface area contributed by atoms with Crippen molar-refractivity contribution in [2.24, 2.45) is 0 Å². The first-order chi connectivity index (χ1) is 18.2. The number of fused-ring (bicyclic) bond motifs is 1. The van der Waals surface area contributed by atoms with E-state index in [0.717, 1.165) is 12.4 Å². The van der Waals surface area contributed by atoms with Gasteiger partial charge in [-0.25, -0.2) is 0 Å². The average molecular weight is 517 g/mol. The molecule has 0 N–H and O–H groups in total. The zero-order valence-electron chi connectivity index (χ0n) is 27.2. The Morgan fingerprint density at radius 3 is 1.08 bits per heavy atom. The molecule has 0 amide bonds. The monoisotopic (exact) mass is 516 g/mol. The van der Waals surface area contributed by atoms with Crippen LogP contribution in [0.4, 0.5) is 0 Å². The third-order valence-corrected chi connectivity index (χ3v) is 3.24. The van der Waals surface area contributed by atoms with Crippen LogP contribution in [-0.4, -0.2) is 19.3 Å². The molecule has 3 aromatic carbocycles. The van der Waals surface area contributed by atoms with Gasteiger partial charge in [0.05, 0.1) is 6.61 Å². The van der Waals surface area contributed by atoms with Gasteiger partial charge in [0.15, 0.2) is 0 Å². The lowest BCUT2D eigenvalue weighted by Gasteiger charge is -2.01. The van der Waals surface area contributed by atoms with Crippen LogP contribution in [0.3, 0.4) is 0 Å². The minimum atomic E-state index is 0.343. The maximum Gasteiger partial charge on any atom is 0.119 e. The molecule has 0 spiro atoms. The molecule has 1 atom stereocenters. The van der Waals surface area contributed by atoms with E-state index in [4.69, 9.17) is 9.47 Å². The highest BCUT2D eigenvalue weighted by Gasteiger charge is 2.22. The summed E-state index contributed by atoms with van der Waals surface area (Å²) in [4.78, 5) is 0. The maximum absolute atomic E-state index is 5.40. The number of hydrogen-bond donors (Lipinski definition) is 0. The summed E-state index contributed by atoms with van der Waals surface area (Å²) in [5.74, 6) is 0.919. The van der Waals surface area contributed by atoms with Crippen molar-refractivity contribution in [2.75, 3.05) is 13.2 Å². The number of epoxide rings is 1. The van der Waals surface area contributed by atoms with E-state index in [0.29, 0.717) is 12.7 Å². The van der Waals surface area contributed by atoms with Crippen molar-refractivity contribution in [1.29, 1.82) is 0 Å². The molecule has 0 saturated carbocycles. The molecule has 216 valence electrons. The van der Waals surface area contributed by atoms with Gasteiger partial charge >= 0.3 is 0 Å². The van der Waals surface area contributed by atoms with E-state index in [9.17, 15) is 0 Å². The molecule has 2 nitrogen and oxygen atoms in total. The van der Waals surface area contributed by atoms with Gasteiger partial charge in [-0.1, -0.05) is 177 Å². The quantitative estimate of drug-likeness (QED) is 0.323. The van der Waals surface area contributed by atoms with Crippen molar-refractivity contribution in [3.8, 4) is 5.75 Å². The second-order valence-electron chi connectivity index (χ2n) is 6.34. The van der Waals surface area contributed by atoms with Crippen LogP contribution in [0.5, 0.6) is 5.75 Å². The largest absolute Gasteiger partial charge is 0.491 e. The van der Waals surface area contributed by atoms with Gasteiger partial charge in [-0.05, 0) is 22.9 Å². The van der Waals surface area contributed by atoms with Crippen molar-refractivity contribution in [1.82, 2.24) is 0 Å². The summed E-state index contributed by atoms with van der Waals surface area (Å²) < 4.78 is 10.4. The topological polar surface area (TPSA) is 21.8 Å². The number of hydrogen-bond acceptors (Lipinski definition) is 2. The Balaban J connectivity index is -0.000000120. The minimum absolute atomic E-state index is 0.343. The van der Waals surface area contributed by atoms with E-state index >= 15 is 0 Å². The zero-order valence-corrected chi connectivity index (χ0v) is 27.2. The summed E-state index contributed by atoms with van der Waals surface area (Å²) in [5.41, 5.74) is 0. The molecule has 37 heavy (non-hydrogen) atoms. The number of ether oxygens (including phenoxy) is 2. The fourth-order valence-electron chi connectivity index (χ4n) is 2.00. The van der Waals surface area contributed by atoms with Crippen molar-refractivity contribution in [2.45, 2.75) is 116 Å². The molecular weight excluding hydrogens is 452 g/mol. The molecular formula is C35H64O2. The van der Waals surface area contributed by atoms with Crippen LogP contribution in [0.2, 0.25) is 0 Å². The highest BCUT2D eigenvalue weighted by molar-refractivity contribution is 5.81. The summed E-state index contributed by atoms with van der Waals surface area (Å²) in [6, 6.07) is 26.5. The number of benzene rings is 3. The molecule has 1 saturated heterocycles. The molecule has 0 aliphatic carbocycles. The smallest absolute Gasteiger partial charge is 0.119 e. The molecule has 3 aromatic rings. The SMILES string of the molecule is CC.CC.CC.CC.CC.CCC.CCC.c1ccc(OCC2CO2)cc1.c1ccc2ccccc2c1. The number of rotatable bonds is 3. The van der Waals surface area contributed by atoms with Gasteiger partial charge in [0.2, 0.25) is 0 Å². The van der Waals surface area contributed by atoms with Crippen molar-refractivity contribution < 1.29 is 9.47 Å². The first kappa shape index (κ1) is 44.7. The van der Waals surface area contributed by atoms with Crippen LogP contribution in [0.25, 0.3) is 10.8 Å². The fraction of sp³-hybridized carbons (Fsp3) is 0.543. The number of para-hydroxylation sites is 1. The third-order valence-electron chi connectivity index (χ3n) is 3.24. The van der Waals surface area contributed by atoms with Gasteiger partial charge in [-0.2, -0.15) is 0 Å². The van der Waals surface area contributed by atoms with Gasteiger partial charge in [0, 0.05) is 0 Å². The Labute approximate surface area is 233 Å². The van der Waals surface area contributed by atoms with Crippen molar-refractivity contribution in [3.63, 3.8) is 0 Å². The Hall–Kier alpha value is -2.32. The predicted molar refractivity (Wildman–Crippen MR) is 174 cm³/mol. The van der Waals surface area contributed by atoms with Gasteiger partial charge < -0.3 is 9.47 Å². The molecule has 0 aromatic heterocycles. The summed E-state index contributed by atoms with van der Waals surface area (Å²) in [7, 11) is 0. The van der Waals surface area contributed by atoms with Gasteiger partial charge in [0.1, 0.15) is 18.5 Å². The molecule has 0 bridgehead atoms. The molecule has 1 unspecified atom stereocenters. The molecule has 1 aliphatic heterocycles. The fourth-order valence-corrected chi connectivity index (χ4v) is 2.00. The molecule has 1 fully saturated rings. The van der Waals surface area contributed by atoms with Crippen LogP contribution in [0.15, 0.2) is 78.9 Å². The highest BCUT2D eigenvalue weighted by Crippen LogP contribution is 2.13. The molecule has 1 heterocycles. The van der Waals surface area contributed by atoms with Crippen LogP contribution < -0.4 is 4.74 Å². The highest BCUT2D eigenvalue weighted by atomic mass is 16.6. The molecule has 4 rings (SSSR count). The van der Waals surface area contributed by atoms with E-state index in [1.807, 2.05) is 99.6 Å². The molecule has 1 aliphatic rings. The molecule has 2 heteroatoms. The van der Waals surface area contributed by atoms with Crippen LogP contribution in [-0.2, 0) is 4.74 Å². The Morgan fingerprint density at radius 1 is 0.541 bits per heavy atom. The van der Waals surface area contributed by atoms with Crippen LogP contribution in [0.1, 0.15) is 110 Å². The third kappa shape index (κ3) is 33.7. The summed E-state index contributed by atoms with van der Waals surface area (Å²) in [6.45, 7) is 30.0. The Morgan fingerprint density at radius 2 is 0.811 bits per heavy atom. The first-order valence-electron chi connectivity index (χ1n) is 15.0. The standard InChI is InChI=1S/C10H8.C9H10O2.2C3H8.5C2H6/c1-2-6-10-8-4-3-7-9(10)5-1;1-2-4-8(5-3-1)10-6-9-7-11-9;2*1-3-2;5*1-2/h1-8H;1-5,9H,6-7H2;2*3H2,1-2H3;5*1-2H3. The van der Waals surface area contributed by atoms with Crippen LogP contribution >= 0.6 is 0 Å². The first-order valence-corrected chi connectivity index (χ1v) is 15.0. The zero-order chi connectivity index (χ0) is 29.7. The predicted octanol–water partition coefficient (Wildman–Crippen LogP) is 12.3. The van der Waals surface area contributed by atoms with Crippen molar-refractivity contribution >= 4 is 10.8 Å². The maximum atomic E-state index is 5.40. The van der Waals surface area contributed by atoms with Crippen molar-refractivity contribution in [3.05, 3.63) is 78.9 Å². The average Bonchev–Trinajstić information content (AvgIpc) is 3.84. The van der Waals surface area contributed by atoms with Gasteiger partial charge in [0.25, 0.3) is 0 Å². The summed E-state index contributed by atoms with van der Waals surface area (Å²) in [5, 5.41) is 2.62. The van der Waals surface area contributed by atoms with Gasteiger partial charge in [-0.15, -0.1) is 0 Å². The summed E-state index contributed by atoms with van der Waals surface area (Å²) in [6.07, 6.45) is 2.84.